The number of hydrogen-bond acceptors (Lipinski definition) is 3. The van der Waals surface area contributed by atoms with Gasteiger partial charge in [-0.15, -0.1) is 0 Å². The zero-order valence-electron chi connectivity index (χ0n) is 15.8. The summed E-state index contributed by atoms with van der Waals surface area (Å²) in [6.45, 7) is 3.95. The largest absolute Gasteiger partial charge is 0.352 e. The molecule has 0 spiro atoms. The number of nitrogens with one attached hydrogen (secondary N) is 1. The van der Waals surface area contributed by atoms with Crippen molar-refractivity contribution in [3.05, 3.63) is 35.9 Å². The summed E-state index contributed by atoms with van der Waals surface area (Å²) >= 11 is 0. The standard InChI is InChI=1S/C22H33N3O/c23-20(17-6-2-1-3-7-17)21(26)24-19-10-8-18(9-11-19)22(12-13-22)16-25-14-4-5-15-25/h1-3,6-7,18-20H,4-5,8-16,23H2,(H,24,26). The van der Waals surface area contributed by atoms with Crippen LogP contribution in [0.25, 0.3) is 0 Å². The molecule has 1 atom stereocenters. The number of benzene rings is 1. The molecule has 0 radical (unpaired) electrons. The molecule has 3 fully saturated rings. The van der Waals surface area contributed by atoms with Gasteiger partial charge in [0.1, 0.15) is 6.04 Å². The summed E-state index contributed by atoms with van der Waals surface area (Å²) in [5, 5.41) is 3.21. The van der Waals surface area contributed by atoms with Crippen molar-refractivity contribution < 1.29 is 4.79 Å². The fourth-order valence-electron chi connectivity index (χ4n) is 5.19. The van der Waals surface area contributed by atoms with Gasteiger partial charge in [-0.1, -0.05) is 30.3 Å². The maximum Gasteiger partial charge on any atom is 0.241 e. The lowest BCUT2D eigenvalue weighted by Crippen LogP contribution is -2.44. The molecular weight excluding hydrogens is 322 g/mol. The van der Waals surface area contributed by atoms with Crippen LogP contribution in [0.5, 0.6) is 0 Å². The molecule has 2 aliphatic carbocycles. The Bertz CT molecular complexity index is 599. The molecule has 4 rings (SSSR count). The van der Waals surface area contributed by atoms with Gasteiger partial charge in [0.05, 0.1) is 0 Å². The Morgan fingerprint density at radius 2 is 1.77 bits per heavy atom. The van der Waals surface area contributed by atoms with Gasteiger partial charge in [-0.05, 0) is 81.4 Å². The van der Waals surface area contributed by atoms with Gasteiger partial charge >= 0.3 is 0 Å². The van der Waals surface area contributed by atoms with E-state index in [9.17, 15) is 4.79 Å². The van der Waals surface area contributed by atoms with Gasteiger partial charge in [-0.25, -0.2) is 0 Å². The van der Waals surface area contributed by atoms with Gasteiger partial charge < -0.3 is 16.0 Å². The lowest BCUT2D eigenvalue weighted by molar-refractivity contribution is -0.123. The van der Waals surface area contributed by atoms with Gasteiger partial charge in [0.15, 0.2) is 0 Å². The topological polar surface area (TPSA) is 58.4 Å². The predicted octanol–water partition coefficient (Wildman–Crippen LogP) is 3.24. The van der Waals surface area contributed by atoms with E-state index in [2.05, 4.69) is 10.2 Å². The molecule has 1 heterocycles. The van der Waals surface area contributed by atoms with Crippen molar-refractivity contribution in [1.82, 2.24) is 10.2 Å². The first-order valence-electron chi connectivity index (χ1n) is 10.5. The van der Waals surface area contributed by atoms with Crippen LogP contribution in [-0.2, 0) is 4.79 Å². The van der Waals surface area contributed by atoms with Crippen molar-refractivity contribution in [2.75, 3.05) is 19.6 Å². The van der Waals surface area contributed by atoms with Crippen LogP contribution in [0.2, 0.25) is 0 Å². The van der Waals surface area contributed by atoms with E-state index < -0.39 is 6.04 Å². The molecule has 1 unspecified atom stereocenters. The lowest BCUT2D eigenvalue weighted by Gasteiger charge is -2.36. The fourth-order valence-corrected chi connectivity index (χ4v) is 5.19. The minimum atomic E-state index is -0.557. The molecular formula is C22H33N3O. The molecule has 1 aromatic carbocycles. The first-order chi connectivity index (χ1) is 12.7. The van der Waals surface area contributed by atoms with Gasteiger partial charge in [-0.3, -0.25) is 4.79 Å². The molecule has 1 amide bonds. The van der Waals surface area contributed by atoms with Gasteiger partial charge in [0.25, 0.3) is 0 Å². The average Bonchev–Trinajstić information content (AvgIpc) is 3.27. The lowest BCUT2D eigenvalue weighted by atomic mass is 9.75. The highest BCUT2D eigenvalue weighted by atomic mass is 16.2. The van der Waals surface area contributed by atoms with Crippen LogP contribution in [0.15, 0.2) is 30.3 Å². The Balaban J connectivity index is 1.25. The number of carbonyl (C=O) groups excluding carboxylic acids is 1. The number of likely N-dealkylation sites (tertiary alicyclic amines) is 1. The minimum Gasteiger partial charge on any atom is -0.352 e. The maximum atomic E-state index is 12.5. The molecule has 4 heteroatoms. The van der Waals surface area contributed by atoms with E-state index in [1.165, 1.54) is 58.2 Å². The molecule has 4 nitrogen and oxygen atoms in total. The number of amides is 1. The van der Waals surface area contributed by atoms with E-state index in [1.54, 1.807) is 0 Å². The first kappa shape index (κ1) is 18.0. The van der Waals surface area contributed by atoms with E-state index in [-0.39, 0.29) is 5.91 Å². The summed E-state index contributed by atoms with van der Waals surface area (Å²) < 4.78 is 0. The molecule has 2 saturated carbocycles. The van der Waals surface area contributed by atoms with E-state index >= 15 is 0 Å². The molecule has 1 saturated heterocycles. The molecule has 3 aliphatic rings. The van der Waals surface area contributed by atoms with E-state index in [0.29, 0.717) is 11.5 Å². The minimum absolute atomic E-state index is 0.0298. The third-order valence-corrected chi connectivity index (χ3v) is 7.01. The third kappa shape index (κ3) is 3.96. The molecule has 3 N–H and O–H groups in total. The Kier molecular flexibility index (Phi) is 5.32. The third-order valence-electron chi connectivity index (χ3n) is 7.01. The van der Waals surface area contributed by atoms with Crippen LogP contribution in [0.3, 0.4) is 0 Å². The highest BCUT2D eigenvalue weighted by Crippen LogP contribution is 2.57. The summed E-state index contributed by atoms with van der Waals surface area (Å²) in [6, 6.07) is 9.42. The van der Waals surface area contributed by atoms with Crippen molar-refractivity contribution in [3.63, 3.8) is 0 Å². The van der Waals surface area contributed by atoms with Crippen LogP contribution >= 0.6 is 0 Å². The van der Waals surface area contributed by atoms with Crippen LogP contribution in [-0.4, -0.2) is 36.5 Å². The first-order valence-corrected chi connectivity index (χ1v) is 10.5. The maximum absolute atomic E-state index is 12.5. The molecule has 0 bridgehead atoms. The highest BCUT2D eigenvalue weighted by molar-refractivity contribution is 5.83. The van der Waals surface area contributed by atoms with Crippen molar-refractivity contribution in [3.8, 4) is 0 Å². The van der Waals surface area contributed by atoms with E-state index in [4.69, 9.17) is 5.73 Å². The zero-order valence-corrected chi connectivity index (χ0v) is 15.8. The van der Waals surface area contributed by atoms with Crippen LogP contribution in [0.1, 0.15) is 63.0 Å². The van der Waals surface area contributed by atoms with Crippen LogP contribution in [0, 0.1) is 11.3 Å². The molecule has 26 heavy (non-hydrogen) atoms. The second-order valence-corrected chi connectivity index (χ2v) is 8.79. The fraction of sp³-hybridized carbons (Fsp3) is 0.682. The predicted molar refractivity (Wildman–Crippen MR) is 105 cm³/mol. The summed E-state index contributed by atoms with van der Waals surface area (Å²) in [7, 11) is 0. The Labute approximate surface area is 157 Å². The number of carbonyl (C=O) groups is 1. The van der Waals surface area contributed by atoms with E-state index in [1.807, 2.05) is 30.3 Å². The van der Waals surface area contributed by atoms with Gasteiger partial charge in [0.2, 0.25) is 5.91 Å². The average molecular weight is 356 g/mol. The monoisotopic (exact) mass is 355 g/mol. The van der Waals surface area contributed by atoms with Crippen molar-refractivity contribution in [1.29, 1.82) is 0 Å². The van der Waals surface area contributed by atoms with Gasteiger partial charge in [-0.2, -0.15) is 0 Å². The summed E-state index contributed by atoms with van der Waals surface area (Å²) in [6.07, 6.45) is 10.4. The molecule has 1 aromatic rings. The number of hydrogen-bond donors (Lipinski definition) is 2. The van der Waals surface area contributed by atoms with Crippen LogP contribution in [0.4, 0.5) is 0 Å². The van der Waals surface area contributed by atoms with Crippen molar-refractivity contribution in [2.45, 2.75) is 63.5 Å². The molecule has 0 aromatic heterocycles. The Hall–Kier alpha value is -1.39. The summed E-state index contributed by atoms with van der Waals surface area (Å²) in [4.78, 5) is 15.2. The second kappa shape index (κ2) is 7.69. The van der Waals surface area contributed by atoms with Gasteiger partial charge in [0, 0.05) is 12.6 Å². The normalized spacial score (nSPS) is 29.3. The SMILES string of the molecule is NC(C(=O)NC1CCC(C2(CN3CCCC3)CC2)CC1)c1ccccc1. The van der Waals surface area contributed by atoms with E-state index in [0.717, 1.165) is 24.3 Å². The summed E-state index contributed by atoms with van der Waals surface area (Å²) in [5.41, 5.74) is 7.64. The highest BCUT2D eigenvalue weighted by Gasteiger charge is 2.50. The van der Waals surface area contributed by atoms with Crippen molar-refractivity contribution in [2.24, 2.45) is 17.1 Å². The second-order valence-electron chi connectivity index (χ2n) is 8.79. The Morgan fingerprint density at radius 3 is 2.38 bits per heavy atom. The Morgan fingerprint density at radius 1 is 1.12 bits per heavy atom. The summed E-state index contributed by atoms with van der Waals surface area (Å²) in [5.74, 6) is 0.830. The number of nitrogens with zero attached hydrogens (tertiary/aromatic N) is 1. The van der Waals surface area contributed by atoms with Crippen molar-refractivity contribution >= 4 is 5.91 Å². The van der Waals surface area contributed by atoms with Crippen LogP contribution < -0.4 is 11.1 Å². The number of nitrogens with two attached hydrogens (primary N) is 1. The zero-order chi connectivity index (χ0) is 18.0. The number of rotatable bonds is 6. The molecule has 1 aliphatic heterocycles. The molecule has 142 valence electrons. The quantitative estimate of drug-likeness (QED) is 0.824. The smallest absolute Gasteiger partial charge is 0.241 e.